The molecule has 1 aliphatic carbocycles. The molecule has 0 saturated heterocycles. The smallest absolute Gasteiger partial charge is 0.249 e. The van der Waals surface area contributed by atoms with Gasteiger partial charge in [0.25, 0.3) is 0 Å². The van der Waals surface area contributed by atoms with E-state index in [1.54, 1.807) is 6.92 Å². The first-order chi connectivity index (χ1) is 9.33. The largest absolute Gasteiger partial charge is 0.328 e. The van der Waals surface area contributed by atoms with Crippen LogP contribution in [0.1, 0.15) is 36.9 Å². The highest BCUT2D eigenvalue weighted by Gasteiger charge is 2.24. The molecule has 0 unspecified atom stereocenters. The average molecular weight is 316 g/mol. The van der Waals surface area contributed by atoms with Crippen molar-refractivity contribution in [1.29, 1.82) is 0 Å². The van der Waals surface area contributed by atoms with Crippen LogP contribution in [0.3, 0.4) is 0 Å². The molecule has 112 valence electrons. The molecule has 2 atom stereocenters. The fourth-order valence-electron chi connectivity index (χ4n) is 2.34. The van der Waals surface area contributed by atoms with Gasteiger partial charge in [-0.2, -0.15) is 13.1 Å². The molecule has 0 bridgehead atoms. The quantitative estimate of drug-likeness (QED) is 0.923. The van der Waals surface area contributed by atoms with Crippen LogP contribution in [0.5, 0.6) is 0 Å². The fourth-order valence-corrected chi connectivity index (χ4v) is 5.20. The van der Waals surface area contributed by atoms with Crippen LogP contribution in [0.25, 0.3) is 0 Å². The van der Waals surface area contributed by atoms with E-state index in [4.69, 9.17) is 0 Å². The third-order valence-corrected chi connectivity index (χ3v) is 7.15. The van der Waals surface area contributed by atoms with Crippen molar-refractivity contribution in [1.82, 2.24) is 4.72 Å². The van der Waals surface area contributed by atoms with E-state index in [0.29, 0.717) is 0 Å². The van der Waals surface area contributed by atoms with Crippen molar-refractivity contribution < 1.29 is 12.6 Å². The summed E-state index contributed by atoms with van der Waals surface area (Å²) in [7, 11) is -6.57. The lowest BCUT2D eigenvalue weighted by Crippen LogP contribution is -2.30. The predicted octanol–water partition coefficient (Wildman–Crippen LogP) is 2.02. The minimum Gasteiger partial charge on any atom is -0.249 e. The molecule has 20 heavy (non-hydrogen) atoms. The van der Waals surface area contributed by atoms with Crippen LogP contribution >= 0.6 is 0 Å². The summed E-state index contributed by atoms with van der Waals surface area (Å²) in [4.78, 5) is 0. The first-order valence-electron chi connectivity index (χ1n) is 6.64. The van der Waals surface area contributed by atoms with Crippen molar-refractivity contribution in [3.05, 3.63) is 35.4 Å². The lowest BCUT2D eigenvalue weighted by atomic mass is 9.88. The summed E-state index contributed by atoms with van der Waals surface area (Å²) in [6.45, 7) is 1.66. The summed E-state index contributed by atoms with van der Waals surface area (Å²) in [6.07, 6.45) is 3.99. The summed E-state index contributed by atoms with van der Waals surface area (Å²) in [5.74, 6) is 0.217. The molecule has 0 heterocycles. The molecule has 1 aromatic rings. The number of benzene rings is 1. The standard InChI is InChI=1S/C13H20N2O3S2/c1-3-19(2,16)15-20(17,18)14-13-10-6-8-11-7-4-5-9-12(11)13/h4-5,7,9,13-14H,3,6,8,10H2,1-2H3/t13-,19-/m0/s1. The maximum atomic E-state index is 12.0. The van der Waals surface area contributed by atoms with Gasteiger partial charge in [0.2, 0.25) is 0 Å². The van der Waals surface area contributed by atoms with E-state index in [1.165, 1.54) is 11.8 Å². The Kier molecular flexibility index (Phi) is 4.51. The van der Waals surface area contributed by atoms with Crippen molar-refractivity contribution >= 4 is 19.9 Å². The molecule has 7 heteroatoms. The third-order valence-electron chi connectivity index (χ3n) is 3.45. The predicted molar refractivity (Wildman–Crippen MR) is 81.2 cm³/mol. The average Bonchev–Trinajstić information content (AvgIpc) is 2.37. The first kappa shape index (κ1) is 15.5. The summed E-state index contributed by atoms with van der Waals surface area (Å²) in [5.41, 5.74) is 2.16. The Labute approximate surface area is 121 Å². The van der Waals surface area contributed by atoms with Gasteiger partial charge in [-0.1, -0.05) is 35.0 Å². The van der Waals surface area contributed by atoms with Gasteiger partial charge in [0, 0.05) is 18.1 Å². The normalized spacial score (nSPS) is 21.8. The fraction of sp³-hybridized carbons (Fsp3) is 0.538. The van der Waals surface area contributed by atoms with Crippen molar-refractivity contribution in [3.8, 4) is 0 Å². The summed E-state index contributed by atoms with van der Waals surface area (Å²) in [6, 6.07) is 7.53. The highest BCUT2D eigenvalue weighted by Crippen LogP contribution is 2.30. The minimum atomic E-state index is -3.89. The van der Waals surface area contributed by atoms with Gasteiger partial charge in [-0.25, -0.2) is 4.21 Å². The van der Waals surface area contributed by atoms with E-state index in [9.17, 15) is 12.6 Å². The van der Waals surface area contributed by atoms with Gasteiger partial charge < -0.3 is 0 Å². The number of nitrogens with one attached hydrogen (secondary N) is 1. The van der Waals surface area contributed by atoms with Crippen molar-refractivity contribution in [3.63, 3.8) is 0 Å². The number of nitrogens with zero attached hydrogens (tertiary/aromatic N) is 1. The molecule has 0 spiro atoms. The molecule has 5 nitrogen and oxygen atoms in total. The number of rotatable bonds is 4. The molecule has 1 aliphatic rings. The van der Waals surface area contributed by atoms with Gasteiger partial charge in [0.15, 0.2) is 0 Å². The Morgan fingerprint density at radius 1 is 1.30 bits per heavy atom. The maximum absolute atomic E-state index is 12.0. The summed E-state index contributed by atoms with van der Waals surface area (Å²) in [5, 5.41) is 0. The van der Waals surface area contributed by atoms with E-state index in [2.05, 4.69) is 8.49 Å². The Morgan fingerprint density at radius 2 is 2.00 bits per heavy atom. The zero-order valence-electron chi connectivity index (χ0n) is 11.7. The van der Waals surface area contributed by atoms with Gasteiger partial charge in [0.1, 0.15) is 0 Å². The molecule has 0 saturated carbocycles. The molecule has 0 amide bonds. The van der Waals surface area contributed by atoms with Crippen LogP contribution in [0.4, 0.5) is 0 Å². The minimum absolute atomic E-state index is 0.217. The molecule has 1 N–H and O–H groups in total. The zero-order valence-corrected chi connectivity index (χ0v) is 13.3. The molecule has 0 aromatic heterocycles. The van der Waals surface area contributed by atoms with Crippen LogP contribution in [0.2, 0.25) is 0 Å². The molecule has 0 radical (unpaired) electrons. The molecular formula is C13H20N2O3S2. The number of aryl methyl sites for hydroxylation is 1. The van der Waals surface area contributed by atoms with Gasteiger partial charge in [-0.15, -0.1) is 0 Å². The number of fused-ring (bicyclic) bond motifs is 1. The van der Waals surface area contributed by atoms with E-state index < -0.39 is 19.9 Å². The third kappa shape index (κ3) is 3.80. The van der Waals surface area contributed by atoms with Gasteiger partial charge in [-0.05, 0) is 30.4 Å². The van der Waals surface area contributed by atoms with Crippen LogP contribution in [-0.2, 0) is 26.4 Å². The monoisotopic (exact) mass is 316 g/mol. The summed E-state index contributed by atoms with van der Waals surface area (Å²) < 4.78 is 42.0. The van der Waals surface area contributed by atoms with E-state index in [-0.39, 0.29) is 11.8 Å². The Hall–Kier alpha value is -0.920. The maximum Gasteiger partial charge on any atom is 0.328 e. The molecule has 1 aromatic carbocycles. The SMILES string of the molecule is CC[S@](C)(=O)=NS(=O)(=O)N[C@H]1CCCc2ccccc21. The van der Waals surface area contributed by atoms with Crippen LogP contribution in [0, 0.1) is 0 Å². The van der Waals surface area contributed by atoms with Crippen molar-refractivity contribution in [2.75, 3.05) is 12.0 Å². The second-order valence-corrected chi connectivity index (χ2v) is 9.34. The second kappa shape index (κ2) is 5.83. The number of hydrogen-bond donors (Lipinski definition) is 1. The van der Waals surface area contributed by atoms with E-state index in [1.807, 2.05) is 24.3 Å². The molecular weight excluding hydrogens is 296 g/mol. The Morgan fingerprint density at radius 3 is 2.70 bits per heavy atom. The van der Waals surface area contributed by atoms with E-state index in [0.717, 1.165) is 24.8 Å². The lowest BCUT2D eigenvalue weighted by Gasteiger charge is -2.25. The Balaban J connectivity index is 2.28. The zero-order chi connectivity index (χ0) is 14.8. The number of hydrogen-bond acceptors (Lipinski definition) is 3. The molecule has 0 fully saturated rings. The molecule has 2 rings (SSSR count). The first-order valence-corrected chi connectivity index (χ1v) is 10.2. The highest BCUT2D eigenvalue weighted by atomic mass is 32.3. The Bertz CT molecular complexity index is 704. The second-order valence-electron chi connectivity index (χ2n) is 5.06. The summed E-state index contributed by atoms with van der Waals surface area (Å²) >= 11 is 0. The van der Waals surface area contributed by atoms with Crippen LogP contribution < -0.4 is 4.72 Å². The van der Waals surface area contributed by atoms with Gasteiger partial charge >= 0.3 is 10.2 Å². The highest BCUT2D eigenvalue weighted by molar-refractivity contribution is 8.02. The van der Waals surface area contributed by atoms with Crippen molar-refractivity contribution in [2.24, 2.45) is 3.77 Å². The topological polar surface area (TPSA) is 75.6 Å². The van der Waals surface area contributed by atoms with Crippen LogP contribution in [0.15, 0.2) is 28.0 Å². The lowest BCUT2D eigenvalue weighted by molar-refractivity contribution is 0.508. The van der Waals surface area contributed by atoms with Crippen molar-refractivity contribution in [2.45, 2.75) is 32.2 Å². The van der Waals surface area contributed by atoms with Gasteiger partial charge in [0.05, 0.1) is 9.73 Å². The molecule has 0 aliphatic heterocycles. The van der Waals surface area contributed by atoms with Crippen LogP contribution in [-0.4, -0.2) is 24.6 Å². The van der Waals surface area contributed by atoms with Gasteiger partial charge in [-0.3, -0.25) is 0 Å². The van der Waals surface area contributed by atoms with E-state index >= 15 is 0 Å².